The van der Waals surface area contributed by atoms with Gasteiger partial charge in [0.1, 0.15) is 11.9 Å². The minimum absolute atomic E-state index is 0.0158. The van der Waals surface area contributed by atoms with Gasteiger partial charge in [0.05, 0.1) is 25.2 Å². The third kappa shape index (κ3) is 5.81. The Labute approximate surface area is 189 Å². The van der Waals surface area contributed by atoms with Crippen LogP contribution in [0.5, 0.6) is 0 Å². The number of anilines is 1. The van der Waals surface area contributed by atoms with Gasteiger partial charge in [-0.05, 0) is 49.3 Å². The number of nitrogens with two attached hydrogens (primary N) is 1. The molecule has 1 aliphatic carbocycles. The van der Waals surface area contributed by atoms with E-state index in [-0.39, 0.29) is 23.7 Å². The molecular formula is C20H27ClF3N5O3. The summed E-state index contributed by atoms with van der Waals surface area (Å²) >= 11 is 6.11. The average Bonchev–Trinajstić information content (AvgIpc) is 3.14. The maximum atomic E-state index is 13.1. The lowest BCUT2D eigenvalue weighted by molar-refractivity contribution is -0.150. The van der Waals surface area contributed by atoms with Crippen LogP contribution in [0.4, 0.5) is 23.8 Å². The van der Waals surface area contributed by atoms with E-state index in [4.69, 9.17) is 22.1 Å². The number of nitrogens with zero attached hydrogens (tertiary/aromatic N) is 2. The number of ether oxygens (including phenoxy) is 1. The zero-order chi connectivity index (χ0) is 23.5. The van der Waals surface area contributed by atoms with E-state index in [0.29, 0.717) is 5.56 Å². The molecule has 0 aromatic carbocycles. The molecule has 4 N–H and O–H groups in total. The van der Waals surface area contributed by atoms with Crippen LogP contribution in [0.2, 0.25) is 0 Å². The predicted octanol–water partition coefficient (Wildman–Crippen LogP) is 2.79. The van der Waals surface area contributed by atoms with Crippen molar-refractivity contribution in [3.8, 4) is 0 Å². The van der Waals surface area contributed by atoms with Gasteiger partial charge in [0.15, 0.2) is 0 Å². The van der Waals surface area contributed by atoms with Crippen LogP contribution in [-0.2, 0) is 9.53 Å². The van der Waals surface area contributed by atoms with Gasteiger partial charge in [0.25, 0.3) is 0 Å². The molecule has 8 nitrogen and oxygen atoms in total. The predicted molar refractivity (Wildman–Crippen MR) is 112 cm³/mol. The summed E-state index contributed by atoms with van der Waals surface area (Å²) < 4.78 is 44.3. The number of carbonyl (C=O) groups is 2. The summed E-state index contributed by atoms with van der Waals surface area (Å²) in [6, 6.07) is -1.24. The Hall–Kier alpha value is -2.11. The van der Waals surface area contributed by atoms with Crippen LogP contribution in [0.1, 0.15) is 37.3 Å². The van der Waals surface area contributed by atoms with E-state index < -0.39 is 42.8 Å². The van der Waals surface area contributed by atoms with Gasteiger partial charge in [-0.2, -0.15) is 13.2 Å². The van der Waals surface area contributed by atoms with Gasteiger partial charge < -0.3 is 26.0 Å². The summed E-state index contributed by atoms with van der Waals surface area (Å²) in [4.78, 5) is 30.0. The van der Waals surface area contributed by atoms with Gasteiger partial charge in [-0.25, -0.2) is 9.78 Å². The van der Waals surface area contributed by atoms with Crippen molar-refractivity contribution in [3.05, 3.63) is 23.9 Å². The summed E-state index contributed by atoms with van der Waals surface area (Å²) in [7, 11) is 1.39. The van der Waals surface area contributed by atoms with Crippen molar-refractivity contribution >= 4 is 29.4 Å². The van der Waals surface area contributed by atoms with Crippen molar-refractivity contribution in [1.82, 2.24) is 15.2 Å². The van der Waals surface area contributed by atoms with Crippen LogP contribution in [0, 0.1) is 5.92 Å². The summed E-state index contributed by atoms with van der Waals surface area (Å²) in [6.45, 7) is -0.578. The van der Waals surface area contributed by atoms with Gasteiger partial charge in [0, 0.05) is 18.7 Å². The molecule has 12 heteroatoms. The Morgan fingerprint density at radius 3 is 2.69 bits per heavy atom. The number of carbonyl (C=O) groups excluding carboxylic acids is 2. The van der Waals surface area contributed by atoms with Crippen LogP contribution in [0.15, 0.2) is 18.3 Å². The van der Waals surface area contributed by atoms with Crippen molar-refractivity contribution < 1.29 is 27.5 Å². The lowest BCUT2D eigenvalue weighted by atomic mass is 9.83. The van der Waals surface area contributed by atoms with E-state index in [1.54, 1.807) is 6.07 Å². The molecule has 2 fully saturated rings. The molecule has 1 saturated heterocycles. The first-order chi connectivity index (χ1) is 15.1. The molecule has 178 valence electrons. The van der Waals surface area contributed by atoms with Crippen LogP contribution in [0.25, 0.3) is 0 Å². The van der Waals surface area contributed by atoms with Crippen molar-refractivity contribution in [1.29, 1.82) is 0 Å². The standard InChI is InChI=1S/C20H27ClF3N5O3/c1-32-10-14(29-9-15(20(22,23)24)27-19(29)31)12-6-7-26-16(8-12)28-18(30)17(25)11-2-4-13(21)5-3-11/h6-8,11,13-15,17H,2-5,9-10,25H2,1H3,(H,27,31)(H,26,28,30)/t11?,13?,14-,15+,17-/m1/s1. The number of halogens is 4. The fraction of sp³-hybridized carbons (Fsp3) is 0.650. The van der Waals surface area contributed by atoms with E-state index in [2.05, 4.69) is 10.3 Å². The summed E-state index contributed by atoms with van der Waals surface area (Å²) in [6.07, 6.45) is -0.0226. The molecule has 0 radical (unpaired) electrons. The smallest absolute Gasteiger partial charge is 0.382 e. The molecule has 3 atom stereocenters. The number of rotatable bonds is 7. The highest BCUT2D eigenvalue weighted by Crippen LogP contribution is 2.32. The maximum Gasteiger partial charge on any atom is 0.410 e. The van der Waals surface area contributed by atoms with Crippen LogP contribution in [0.3, 0.4) is 0 Å². The Balaban J connectivity index is 1.71. The zero-order valence-corrected chi connectivity index (χ0v) is 18.3. The first-order valence-electron chi connectivity index (χ1n) is 10.4. The topological polar surface area (TPSA) is 110 Å². The van der Waals surface area contributed by atoms with E-state index in [1.165, 1.54) is 19.4 Å². The summed E-state index contributed by atoms with van der Waals surface area (Å²) in [5, 5.41) is 4.73. The second-order valence-electron chi connectivity index (χ2n) is 8.17. The number of hydrogen-bond acceptors (Lipinski definition) is 5. The molecule has 0 bridgehead atoms. The number of methoxy groups -OCH3 is 1. The average molecular weight is 478 g/mol. The number of urea groups is 1. The lowest BCUT2D eigenvalue weighted by Crippen LogP contribution is -2.43. The lowest BCUT2D eigenvalue weighted by Gasteiger charge is -2.29. The monoisotopic (exact) mass is 477 g/mol. The largest absolute Gasteiger partial charge is 0.410 e. The molecule has 0 spiro atoms. The SMILES string of the molecule is COC[C@H](c1ccnc(NC(=O)[C@H](N)C2CCC(Cl)CC2)c1)N1C[C@@H](C(F)(F)F)NC1=O. The van der Waals surface area contributed by atoms with Crippen LogP contribution < -0.4 is 16.4 Å². The third-order valence-electron chi connectivity index (χ3n) is 5.97. The van der Waals surface area contributed by atoms with Gasteiger partial charge in [0.2, 0.25) is 5.91 Å². The normalized spacial score (nSPS) is 25.9. The van der Waals surface area contributed by atoms with Crippen LogP contribution in [-0.4, -0.2) is 65.7 Å². The molecule has 32 heavy (non-hydrogen) atoms. The Kier molecular flexibility index (Phi) is 7.84. The molecule has 2 aliphatic rings. The van der Waals surface area contributed by atoms with Crippen molar-refractivity contribution in [2.24, 2.45) is 11.7 Å². The third-order valence-corrected chi connectivity index (χ3v) is 6.40. The summed E-state index contributed by atoms with van der Waals surface area (Å²) in [5.41, 5.74) is 6.61. The molecule has 1 aromatic rings. The zero-order valence-electron chi connectivity index (χ0n) is 17.6. The van der Waals surface area contributed by atoms with Crippen molar-refractivity contribution in [2.45, 2.75) is 55.4 Å². The molecule has 1 aromatic heterocycles. The number of amides is 3. The number of alkyl halides is 4. The molecule has 3 rings (SSSR count). The van der Waals surface area contributed by atoms with E-state index in [0.717, 1.165) is 30.6 Å². The number of hydrogen-bond donors (Lipinski definition) is 3. The van der Waals surface area contributed by atoms with Gasteiger partial charge >= 0.3 is 12.2 Å². The molecule has 1 aliphatic heterocycles. The Bertz CT molecular complexity index is 820. The van der Waals surface area contributed by atoms with Gasteiger partial charge in [-0.1, -0.05) is 0 Å². The second-order valence-corrected chi connectivity index (χ2v) is 8.79. The van der Waals surface area contributed by atoms with E-state index >= 15 is 0 Å². The summed E-state index contributed by atoms with van der Waals surface area (Å²) in [5.74, 6) is -0.184. The highest BCUT2D eigenvalue weighted by atomic mass is 35.5. The number of pyridine rings is 1. The molecule has 2 heterocycles. The first-order valence-corrected chi connectivity index (χ1v) is 10.8. The minimum Gasteiger partial charge on any atom is -0.382 e. The quantitative estimate of drug-likeness (QED) is 0.523. The Morgan fingerprint density at radius 2 is 2.09 bits per heavy atom. The minimum atomic E-state index is -4.56. The fourth-order valence-corrected chi connectivity index (χ4v) is 4.37. The van der Waals surface area contributed by atoms with E-state index in [9.17, 15) is 22.8 Å². The fourth-order valence-electron chi connectivity index (χ4n) is 4.12. The number of nitrogens with one attached hydrogen (secondary N) is 2. The maximum absolute atomic E-state index is 13.1. The number of aromatic nitrogens is 1. The highest BCUT2D eigenvalue weighted by Gasteiger charge is 2.48. The highest BCUT2D eigenvalue weighted by molar-refractivity contribution is 6.20. The van der Waals surface area contributed by atoms with E-state index in [1.807, 2.05) is 5.32 Å². The van der Waals surface area contributed by atoms with Crippen molar-refractivity contribution in [3.63, 3.8) is 0 Å². The van der Waals surface area contributed by atoms with Gasteiger partial charge in [-0.15, -0.1) is 11.6 Å². The second kappa shape index (κ2) is 10.2. The van der Waals surface area contributed by atoms with Crippen molar-refractivity contribution in [2.75, 3.05) is 25.6 Å². The molecule has 0 unspecified atom stereocenters. The van der Waals surface area contributed by atoms with Gasteiger partial charge in [-0.3, -0.25) is 4.79 Å². The Morgan fingerprint density at radius 1 is 1.41 bits per heavy atom. The van der Waals surface area contributed by atoms with Crippen LogP contribution >= 0.6 is 11.6 Å². The molecule has 3 amide bonds. The molecule has 1 saturated carbocycles. The molecular weight excluding hydrogens is 451 g/mol. The first kappa shape index (κ1) is 24.5.